The van der Waals surface area contributed by atoms with Crippen LogP contribution >= 0.6 is 11.6 Å². The molecule has 3 rings (SSSR count). The van der Waals surface area contributed by atoms with Crippen molar-refractivity contribution in [2.24, 2.45) is 0 Å². The second kappa shape index (κ2) is 6.15. The topological polar surface area (TPSA) is 48.2 Å². The van der Waals surface area contributed by atoms with E-state index in [1.165, 1.54) is 18.2 Å². The number of nitrogens with zero attached hydrogens (tertiary/aromatic N) is 2. The average molecular weight is 319 g/mol. The Morgan fingerprint density at radius 3 is 2.64 bits per heavy atom. The van der Waals surface area contributed by atoms with Crippen LogP contribution in [0.2, 0.25) is 5.02 Å². The summed E-state index contributed by atoms with van der Waals surface area (Å²) in [4.78, 5) is 0. The molecule has 1 heterocycles. The number of hydrogen-bond acceptors (Lipinski definition) is 4. The summed E-state index contributed by atoms with van der Waals surface area (Å²) in [5, 5.41) is 8.16. The zero-order valence-electron chi connectivity index (χ0n) is 11.7. The van der Waals surface area contributed by atoms with E-state index in [2.05, 4.69) is 10.2 Å². The van der Waals surface area contributed by atoms with E-state index in [-0.39, 0.29) is 5.02 Å². The van der Waals surface area contributed by atoms with Gasteiger partial charge >= 0.3 is 0 Å². The summed E-state index contributed by atoms with van der Waals surface area (Å²) in [6.45, 7) is 1.75. The third kappa shape index (κ3) is 3.09. The van der Waals surface area contributed by atoms with Gasteiger partial charge in [0, 0.05) is 5.56 Å². The average Bonchev–Trinajstić information content (AvgIpc) is 3.01. The van der Waals surface area contributed by atoms with Crippen LogP contribution in [0.25, 0.3) is 11.5 Å². The number of halogens is 2. The van der Waals surface area contributed by atoms with Crippen molar-refractivity contribution in [3.05, 3.63) is 65.3 Å². The highest BCUT2D eigenvalue weighted by Gasteiger charge is 2.17. The van der Waals surface area contributed by atoms with E-state index >= 15 is 0 Å². The monoisotopic (exact) mass is 318 g/mol. The molecule has 4 nitrogen and oxygen atoms in total. The van der Waals surface area contributed by atoms with Crippen molar-refractivity contribution >= 4 is 11.6 Å². The van der Waals surface area contributed by atoms with Crippen molar-refractivity contribution in [1.82, 2.24) is 10.2 Å². The van der Waals surface area contributed by atoms with Crippen LogP contribution < -0.4 is 4.74 Å². The summed E-state index contributed by atoms with van der Waals surface area (Å²) >= 11 is 5.93. The summed E-state index contributed by atoms with van der Waals surface area (Å²) in [7, 11) is 0. The zero-order valence-corrected chi connectivity index (χ0v) is 12.4. The molecular weight excluding hydrogens is 307 g/mol. The first kappa shape index (κ1) is 14.5. The SMILES string of the molecule is CC(Oc1ccc(F)cc1Cl)c1nnc(-c2ccccc2)o1. The van der Waals surface area contributed by atoms with Crippen LogP contribution in [0.4, 0.5) is 4.39 Å². The van der Waals surface area contributed by atoms with E-state index in [1.807, 2.05) is 30.3 Å². The minimum atomic E-state index is -0.507. The molecule has 0 bridgehead atoms. The van der Waals surface area contributed by atoms with Crippen molar-refractivity contribution in [2.75, 3.05) is 0 Å². The van der Waals surface area contributed by atoms with E-state index in [1.54, 1.807) is 6.92 Å². The van der Waals surface area contributed by atoms with Crippen molar-refractivity contribution in [2.45, 2.75) is 13.0 Å². The van der Waals surface area contributed by atoms with E-state index in [0.29, 0.717) is 17.5 Å². The highest BCUT2D eigenvalue weighted by Crippen LogP contribution is 2.30. The predicted octanol–water partition coefficient (Wildman–Crippen LogP) is 4.67. The van der Waals surface area contributed by atoms with Crippen LogP contribution in [0.3, 0.4) is 0 Å². The lowest BCUT2D eigenvalue weighted by molar-refractivity contribution is 0.189. The Bertz CT molecular complexity index is 777. The van der Waals surface area contributed by atoms with Crippen LogP contribution in [0.5, 0.6) is 5.75 Å². The van der Waals surface area contributed by atoms with E-state index in [0.717, 1.165) is 5.56 Å². The van der Waals surface area contributed by atoms with Gasteiger partial charge in [0.15, 0.2) is 6.10 Å². The Kier molecular flexibility index (Phi) is 4.06. The zero-order chi connectivity index (χ0) is 15.5. The standard InChI is InChI=1S/C16H12ClFN2O2/c1-10(21-14-8-7-12(18)9-13(14)17)15-19-20-16(22-15)11-5-3-2-4-6-11/h2-10H,1H3. The van der Waals surface area contributed by atoms with Gasteiger partial charge in [-0.2, -0.15) is 0 Å². The molecule has 0 saturated carbocycles. The Labute approximate surface area is 131 Å². The van der Waals surface area contributed by atoms with Crippen molar-refractivity contribution in [3.63, 3.8) is 0 Å². The van der Waals surface area contributed by atoms with Gasteiger partial charge in [0.1, 0.15) is 11.6 Å². The van der Waals surface area contributed by atoms with Gasteiger partial charge in [-0.15, -0.1) is 10.2 Å². The fourth-order valence-corrected chi connectivity index (χ4v) is 2.12. The lowest BCUT2D eigenvalue weighted by atomic mass is 10.2. The van der Waals surface area contributed by atoms with Crippen molar-refractivity contribution in [1.29, 1.82) is 0 Å². The Hall–Kier alpha value is -2.40. The van der Waals surface area contributed by atoms with Crippen LogP contribution in [-0.2, 0) is 0 Å². The molecule has 0 N–H and O–H groups in total. The Balaban J connectivity index is 1.78. The van der Waals surface area contributed by atoms with Gasteiger partial charge in [0.05, 0.1) is 5.02 Å². The van der Waals surface area contributed by atoms with Crippen LogP contribution in [-0.4, -0.2) is 10.2 Å². The maximum Gasteiger partial charge on any atom is 0.257 e. The molecule has 2 aromatic carbocycles. The van der Waals surface area contributed by atoms with Crippen molar-refractivity contribution < 1.29 is 13.5 Å². The minimum Gasteiger partial charge on any atom is -0.479 e. The Morgan fingerprint density at radius 2 is 1.91 bits per heavy atom. The van der Waals surface area contributed by atoms with Crippen LogP contribution in [0, 0.1) is 5.82 Å². The van der Waals surface area contributed by atoms with Gasteiger partial charge < -0.3 is 9.15 Å². The highest BCUT2D eigenvalue weighted by atomic mass is 35.5. The first-order valence-electron chi connectivity index (χ1n) is 6.64. The molecule has 0 amide bonds. The molecule has 3 aromatic rings. The second-order valence-corrected chi connectivity index (χ2v) is 5.05. The number of ether oxygens (including phenoxy) is 1. The molecule has 0 radical (unpaired) electrons. The van der Waals surface area contributed by atoms with Gasteiger partial charge in [0.2, 0.25) is 5.89 Å². The molecule has 0 aliphatic rings. The molecule has 1 aromatic heterocycles. The summed E-state index contributed by atoms with van der Waals surface area (Å²) in [6, 6.07) is 13.4. The summed E-state index contributed by atoms with van der Waals surface area (Å²) < 4.78 is 24.3. The summed E-state index contributed by atoms with van der Waals surface area (Å²) in [6.07, 6.45) is -0.507. The number of hydrogen-bond donors (Lipinski definition) is 0. The molecular formula is C16H12ClFN2O2. The summed E-state index contributed by atoms with van der Waals surface area (Å²) in [5.74, 6) is 0.666. The maximum atomic E-state index is 13.0. The van der Waals surface area contributed by atoms with Gasteiger partial charge in [-0.3, -0.25) is 0 Å². The smallest absolute Gasteiger partial charge is 0.257 e. The van der Waals surface area contributed by atoms with E-state index < -0.39 is 11.9 Å². The fraction of sp³-hybridized carbons (Fsp3) is 0.125. The lowest BCUT2D eigenvalue weighted by Gasteiger charge is -2.12. The van der Waals surface area contributed by atoms with E-state index in [4.69, 9.17) is 20.8 Å². The third-order valence-electron chi connectivity index (χ3n) is 3.01. The summed E-state index contributed by atoms with van der Waals surface area (Å²) in [5.41, 5.74) is 0.827. The number of rotatable bonds is 4. The van der Waals surface area contributed by atoms with Crippen molar-refractivity contribution in [3.8, 4) is 17.2 Å². The molecule has 1 atom stereocenters. The molecule has 1 unspecified atom stereocenters. The van der Waals surface area contributed by atoms with Gasteiger partial charge in [-0.05, 0) is 37.3 Å². The van der Waals surface area contributed by atoms with Gasteiger partial charge in [-0.25, -0.2) is 4.39 Å². The maximum absolute atomic E-state index is 13.0. The molecule has 0 aliphatic heterocycles. The second-order valence-electron chi connectivity index (χ2n) is 4.65. The molecule has 112 valence electrons. The highest BCUT2D eigenvalue weighted by molar-refractivity contribution is 6.32. The molecule has 0 saturated heterocycles. The third-order valence-corrected chi connectivity index (χ3v) is 3.30. The quantitative estimate of drug-likeness (QED) is 0.701. The van der Waals surface area contributed by atoms with Crippen LogP contribution in [0.15, 0.2) is 52.9 Å². The molecule has 6 heteroatoms. The van der Waals surface area contributed by atoms with E-state index in [9.17, 15) is 4.39 Å². The lowest BCUT2D eigenvalue weighted by Crippen LogP contribution is -2.04. The molecule has 0 fully saturated rings. The molecule has 22 heavy (non-hydrogen) atoms. The minimum absolute atomic E-state index is 0.189. The normalized spacial score (nSPS) is 12.1. The number of aromatic nitrogens is 2. The largest absolute Gasteiger partial charge is 0.479 e. The molecule has 0 spiro atoms. The Morgan fingerprint density at radius 1 is 1.14 bits per heavy atom. The first-order chi connectivity index (χ1) is 10.6. The van der Waals surface area contributed by atoms with Gasteiger partial charge in [-0.1, -0.05) is 29.8 Å². The number of benzene rings is 2. The van der Waals surface area contributed by atoms with Crippen LogP contribution in [0.1, 0.15) is 18.9 Å². The first-order valence-corrected chi connectivity index (χ1v) is 7.02. The fourth-order valence-electron chi connectivity index (χ4n) is 1.91. The molecule has 0 aliphatic carbocycles. The van der Waals surface area contributed by atoms with Gasteiger partial charge in [0.25, 0.3) is 5.89 Å². The predicted molar refractivity (Wildman–Crippen MR) is 80.2 cm³/mol.